The Balaban J connectivity index is 1.48. The largest absolute Gasteiger partial charge is 0.493 e. The van der Waals surface area contributed by atoms with Crippen LogP contribution < -0.4 is 20.5 Å². The third-order valence-electron chi connectivity index (χ3n) is 4.52. The molecule has 0 aliphatic rings. The Kier molecular flexibility index (Phi) is 7.48. The van der Waals surface area contributed by atoms with E-state index in [9.17, 15) is 9.59 Å². The summed E-state index contributed by atoms with van der Waals surface area (Å²) < 4.78 is 14.0. The number of nitrogens with zero attached hydrogens (tertiary/aromatic N) is 3. The molecule has 164 valence electrons. The van der Waals surface area contributed by atoms with Crippen LogP contribution in [0.5, 0.6) is 11.5 Å². The molecule has 0 aliphatic carbocycles. The molecule has 0 unspecified atom stereocenters. The van der Waals surface area contributed by atoms with E-state index in [0.717, 1.165) is 5.56 Å². The van der Waals surface area contributed by atoms with Crippen LogP contribution in [0.4, 0.5) is 0 Å². The third-order valence-corrected chi connectivity index (χ3v) is 4.52. The number of aromatic nitrogens is 3. The molecule has 0 saturated heterocycles. The summed E-state index contributed by atoms with van der Waals surface area (Å²) in [4.78, 5) is 24.3. The molecule has 0 atom stereocenters. The fourth-order valence-electron chi connectivity index (χ4n) is 2.95. The zero-order valence-electron chi connectivity index (χ0n) is 18.1. The van der Waals surface area contributed by atoms with Crippen molar-refractivity contribution < 1.29 is 14.3 Å². The number of benzene rings is 1. The lowest BCUT2D eigenvalue weighted by Gasteiger charge is -2.12. The highest BCUT2D eigenvalue weighted by atomic mass is 16.5. The molecule has 3 rings (SSSR count). The number of methoxy groups -OCH3 is 1. The van der Waals surface area contributed by atoms with Gasteiger partial charge in [-0.25, -0.2) is 9.48 Å². The number of ether oxygens (including phenoxy) is 2. The Morgan fingerprint density at radius 2 is 2.06 bits per heavy atom. The number of amides is 1. The maximum atomic E-state index is 12.2. The number of aryl methyl sites for hydroxylation is 1. The number of pyridine rings is 1. The van der Waals surface area contributed by atoms with E-state index in [1.165, 1.54) is 15.2 Å². The van der Waals surface area contributed by atoms with Gasteiger partial charge in [0.1, 0.15) is 0 Å². The number of carbonyl (C=O) groups is 1. The Hall–Kier alpha value is -3.55. The van der Waals surface area contributed by atoms with Gasteiger partial charge in [0.25, 0.3) is 0 Å². The summed E-state index contributed by atoms with van der Waals surface area (Å²) in [7, 11) is 1.59. The van der Waals surface area contributed by atoms with Crippen molar-refractivity contribution in [1.82, 2.24) is 19.5 Å². The second kappa shape index (κ2) is 10.5. The first-order chi connectivity index (χ1) is 15.0. The highest BCUT2D eigenvalue weighted by molar-refractivity contribution is 5.91. The predicted octanol–water partition coefficient (Wildman–Crippen LogP) is 2.76. The summed E-state index contributed by atoms with van der Waals surface area (Å²) >= 11 is 0. The van der Waals surface area contributed by atoms with E-state index in [1.807, 2.05) is 24.3 Å². The number of rotatable bonds is 10. The second-order valence-electron chi connectivity index (χ2n) is 7.53. The molecule has 0 spiro atoms. The molecule has 2 heterocycles. The molecule has 1 amide bonds. The van der Waals surface area contributed by atoms with Crippen LogP contribution in [-0.4, -0.2) is 40.3 Å². The van der Waals surface area contributed by atoms with Crippen molar-refractivity contribution in [2.45, 2.75) is 26.8 Å². The van der Waals surface area contributed by atoms with Crippen LogP contribution in [0.1, 0.15) is 25.8 Å². The van der Waals surface area contributed by atoms with E-state index >= 15 is 0 Å². The van der Waals surface area contributed by atoms with Crippen LogP contribution in [0.2, 0.25) is 0 Å². The normalized spacial score (nSPS) is 11.4. The molecule has 1 aromatic carbocycles. The fraction of sp³-hybridized carbons (Fsp3) is 0.348. The lowest BCUT2D eigenvalue weighted by Crippen LogP contribution is -2.26. The maximum absolute atomic E-state index is 12.2. The zero-order chi connectivity index (χ0) is 22.2. The highest BCUT2D eigenvalue weighted by Crippen LogP contribution is 2.28. The second-order valence-corrected chi connectivity index (χ2v) is 7.53. The van der Waals surface area contributed by atoms with Gasteiger partial charge in [0.2, 0.25) is 5.91 Å². The van der Waals surface area contributed by atoms with Gasteiger partial charge in [-0.05, 0) is 48.2 Å². The van der Waals surface area contributed by atoms with E-state index in [4.69, 9.17) is 9.47 Å². The molecular weight excluding hydrogens is 396 g/mol. The van der Waals surface area contributed by atoms with E-state index in [0.29, 0.717) is 49.2 Å². The van der Waals surface area contributed by atoms with Gasteiger partial charge in [-0.15, -0.1) is 5.10 Å². The molecule has 8 heteroatoms. The molecule has 0 radical (unpaired) electrons. The molecule has 31 heavy (non-hydrogen) atoms. The van der Waals surface area contributed by atoms with Gasteiger partial charge in [0.15, 0.2) is 17.1 Å². The van der Waals surface area contributed by atoms with Crippen LogP contribution >= 0.6 is 0 Å². The Morgan fingerprint density at radius 1 is 1.23 bits per heavy atom. The summed E-state index contributed by atoms with van der Waals surface area (Å²) in [5.74, 6) is 1.52. The highest BCUT2D eigenvalue weighted by Gasteiger charge is 2.07. The van der Waals surface area contributed by atoms with E-state index in [2.05, 4.69) is 24.3 Å². The van der Waals surface area contributed by atoms with Crippen molar-refractivity contribution in [1.29, 1.82) is 0 Å². The molecular formula is C23H28N4O4. The molecule has 3 aromatic rings. The first-order valence-corrected chi connectivity index (χ1v) is 10.3. The number of nitrogens with one attached hydrogen (secondary N) is 1. The lowest BCUT2D eigenvalue weighted by atomic mass is 10.2. The van der Waals surface area contributed by atoms with E-state index in [1.54, 1.807) is 31.5 Å². The van der Waals surface area contributed by atoms with Crippen molar-refractivity contribution >= 4 is 17.6 Å². The monoisotopic (exact) mass is 424 g/mol. The molecule has 1 N–H and O–H groups in total. The van der Waals surface area contributed by atoms with Gasteiger partial charge in [-0.1, -0.05) is 26.0 Å². The average molecular weight is 425 g/mol. The first kappa shape index (κ1) is 22.1. The van der Waals surface area contributed by atoms with Gasteiger partial charge in [0.05, 0.1) is 13.7 Å². The summed E-state index contributed by atoms with van der Waals surface area (Å²) in [5, 5.41) is 7.09. The number of fused-ring (bicyclic) bond motifs is 1. The average Bonchev–Trinajstić information content (AvgIpc) is 3.09. The van der Waals surface area contributed by atoms with Crippen LogP contribution in [-0.2, 0) is 11.3 Å². The van der Waals surface area contributed by atoms with Crippen LogP contribution in [0, 0.1) is 5.92 Å². The quantitative estimate of drug-likeness (QED) is 0.399. The summed E-state index contributed by atoms with van der Waals surface area (Å²) in [6.45, 7) is 5.64. The molecule has 0 fully saturated rings. The number of carbonyl (C=O) groups excluding carboxylic acids is 1. The minimum atomic E-state index is -0.207. The van der Waals surface area contributed by atoms with Gasteiger partial charge < -0.3 is 14.8 Å². The fourth-order valence-corrected chi connectivity index (χ4v) is 2.95. The lowest BCUT2D eigenvalue weighted by molar-refractivity contribution is -0.116. The predicted molar refractivity (Wildman–Crippen MR) is 119 cm³/mol. The van der Waals surface area contributed by atoms with Gasteiger partial charge in [-0.3, -0.25) is 9.20 Å². The maximum Gasteiger partial charge on any atom is 0.350 e. The SMILES string of the molecule is COc1cc(/C=C/C(=O)NCCCn2nc3ccccn3c2=O)ccc1OCC(C)C. The molecule has 8 nitrogen and oxygen atoms in total. The molecule has 0 bridgehead atoms. The topological polar surface area (TPSA) is 86.9 Å². The van der Waals surface area contributed by atoms with E-state index < -0.39 is 0 Å². The van der Waals surface area contributed by atoms with Crippen molar-refractivity contribution in [3.63, 3.8) is 0 Å². The van der Waals surface area contributed by atoms with Crippen molar-refractivity contribution in [2.75, 3.05) is 20.3 Å². The Morgan fingerprint density at radius 3 is 2.81 bits per heavy atom. The van der Waals surface area contributed by atoms with Gasteiger partial charge in [-0.2, -0.15) is 0 Å². The Labute approximate surface area is 181 Å². The number of hydrogen-bond donors (Lipinski definition) is 1. The third kappa shape index (κ3) is 5.97. The summed E-state index contributed by atoms with van der Waals surface area (Å²) in [5.41, 5.74) is 1.26. The minimum Gasteiger partial charge on any atom is -0.493 e. The van der Waals surface area contributed by atoms with Crippen LogP contribution in [0.25, 0.3) is 11.7 Å². The molecule has 2 aromatic heterocycles. The van der Waals surface area contributed by atoms with Gasteiger partial charge >= 0.3 is 5.69 Å². The van der Waals surface area contributed by atoms with Crippen molar-refractivity contribution in [3.8, 4) is 11.5 Å². The summed E-state index contributed by atoms with van der Waals surface area (Å²) in [6.07, 6.45) is 5.47. The van der Waals surface area contributed by atoms with Gasteiger partial charge in [0, 0.05) is 25.4 Å². The van der Waals surface area contributed by atoms with E-state index in [-0.39, 0.29) is 11.6 Å². The van der Waals surface area contributed by atoms with Crippen LogP contribution in [0.15, 0.2) is 53.5 Å². The molecule has 0 aliphatic heterocycles. The molecule has 0 saturated carbocycles. The van der Waals surface area contributed by atoms with Crippen molar-refractivity contribution in [3.05, 3.63) is 64.7 Å². The zero-order valence-corrected chi connectivity index (χ0v) is 18.1. The summed E-state index contributed by atoms with van der Waals surface area (Å²) in [6, 6.07) is 10.9. The van der Waals surface area contributed by atoms with Crippen LogP contribution in [0.3, 0.4) is 0 Å². The standard InChI is InChI=1S/C23H28N4O4/c1-17(2)16-31-19-10-8-18(15-20(19)30-3)9-11-22(28)24-12-6-14-27-23(29)26-13-5-4-7-21(26)25-27/h4-5,7-11,13,15,17H,6,12,14,16H2,1-3H3,(H,24,28)/b11-9+. The first-order valence-electron chi connectivity index (χ1n) is 10.3. The smallest absolute Gasteiger partial charge is 0.350 e. The number of hydrogen-bond acceptors (Lipinski definition) is 5. The minimum absolute atomic E-state index is 0.184. The van der Waals surface area contributed by atoms with Crippen molar-refractivity contribution in [2.24, 2.45) is 5.92 Å². The Bertz CT molecular complexity index is 1110.